The van der Waals surface area contributed by atoms with E-state index in [1.165, 1.54) is 23.9 Å². The third kappa shape index (κ3) is 5.39. The monoisotopic (exact) mass is 460 g/mol. The highest BCUT2D eigenvalue weighted by Gasteiger charge is 2.15. The zero-order valence-corrected chi connectivity index (χ0v) is 18.7. The second-order valence-electron chi connectivity index (χ2n) is 7.24. The molecule has 4 aromatic rings. The summed E-state index contributed by atoms with van der Waals surface area (Å²) in [5.74, 6) is 0.270. The van der Waals surface area contributed by atoms with Crippen molar-refractivity contribution in [2.24, 2.45) is 0 Å². The summed E-state index contributed by atoms with van der Waals surface area (Å²) >= 11 is 1.38. The molecule has 4 rings (SSSR count). The van der Waals surface area contributed by atoms with Crippen molar-refractivity contribution >= 4 is 29.0 Å². The molecular formula is C24H20N4O4S. The lowest BCUT2D eigenvalue weighted by Gasteiger charge is -2.07. The Labute approximate surface area is 194 Å². The number of methoxy groups -OCH3 is 1. The van der Waals surface area contributed by atoms with Crippen molar-refractivity contribution in [1.29, 1.82) is 0 Å². The highest BCUT2D eigenvalue weighted by atomic mass is 32.2. The van der Waals surface area contributed by atoms with Gasteiger partial charge in [0, 0.05) is 33.2 Å². The van der Waals surface area contributed by atoms with E-state index in [0.29, 0.717) is 16.3 Å². The molecule has 0 aliphatic heterocycles. The van der Waals surface area contributed by atoms with E-state index in [-0.39, 0.29) is 11.4 Å². The van der Waals surface area contributed by atoms with E-state index < -0.39 is 10.8 Å². The summed E-state index contributed by atoms with van der Waals surface area (Å²) < 4.78 is 5.15. The fourth-order valence-electron chi connectivity index (χ4n) is 3.11. The van der Waals surface area contributed by atoms with Crippen molar-refractivity contribution in [3.8, 4) is 17.0 Å². The van der Waals surface area contributed by atoms with Gasteiger partial charge in [-0.1, -0.05) is 29.5 Å². The number of anilines is 1. The van der Waals surface area contributed by atoms with Crippen LogP contribution in [0.5, 0.6) is 5.75 Å². The molecule has 1 aromatic heterocycles. The predicted molar refractivity (Wildman–Crippen MR) is 127 cm³/mol. The highest BCUT2D eigenvalue weighted by Crippen LogP contribution is 2.33. The van der Waals surface area contributed by atoms with Crippen LogP contribution in [0, 0.1) is 17.0 Å². The van der Waals surface area contributed by atoms with Crippen LogP contribution in [0.15, 0.2) is 82.6 Å². The molecule has 0 saturated heterocycles. The molecule has 0 aliphatic carbocycles. The number of hydrogen-bond acceptors (Lipinski definition) is 6. The van der Waals surface area contributed by atoms with Crippen LogP contribution in [0.2, 0.25) is 0 Å². The van der Waals surface area contributed by atoms with E-state index in [2.05, 4.69) is 15.5 Å². The SMILES string of the molecule is COc1ccc(-c2cc(C(=O)Nc3cc(Sc4ccc(C)cc4)cc([N+](=O)[O-])c3)[nH]n2)cc1. The molecule has 3 aromatic carbocycles. The first-order valence-electron chi connectivity index (χ1n) is 9.96. The van der Waals surface area contributed by atoms with Crippen molar-refractivity contribution in [2.45, 2.75) is 16.7 Å². The van der Waals surface area contributed by atoms with Crippen LogP contribution >= 0.6 is 11.8 Å². The molecule has 0 aliphatic rings. The average molecular weight is 461 g/mol. The largest absolute Gasteiger partial charge is 0.497 e. The van der Waals surface area contributed by atoms with Gasteiger partial charge >= 0.3 is 0 Å². The van der Waals surface area contributed by atoms with E-state index in [1.54, 1.807) is 31.4 Å². The van der Waals surface area contributed by atoms with Gasteiger partial charge in [0.05, 0.1) is 17.7 Å². The standard InChI is InChI=1S/C24H20N4O4S/c1-15-3-9-20(10-4-15)33-21-12-17(11-18(13-21)28(30)31)25-24(29)23-14-22(26-27-23)16-5-7-19(32-2)8-6-16/h3-14H,1-2H3,(H,25,29)(H,26,27). The lowest BCUT2D eigenvalue weighted by atomic mass is 10.1. The minimum atomic E-state index is -0.479. The number of hydrogen-bond donors (Lipinski definition) is 2. The normalized spacial score (nSPS) is 10.6. The fourth-order valence-corrected chi connectivity index (χ4v) is 4.02. The number of rotatable bonds is 7. The summed E-state index contributed by atoms with van der Waals surface area (Å²) in [6.45, 7) is 1.99. The highest BCUT2D eigenvalue weighted by molar-refractivity contribution is 7.99. The molecular weight excluding hydrogens is 440 g/mol. The molecule has 2 N–H and O–H groups in total. The molecule has 9 heteroatoms. The van der Waals surface area contributed by atoms with Crippen LogP contribution in [0.25, 0.3) is 11.3 Å². The minimum Gasteiger partial charge on any atom is -0.497 e. The van der Waals surface area contributed by atoms with Gasteiger partial charge in [-0.25, -0.2) is 0 Å². The molecule has 0 radical (unpaired) electrons. The Morgan fingerprint density at radius 1 is 1.03 bits per heavy atom. The molecule has 0 atom stereocenters. The molecule has 33 heavy (non-hydrogen) atoms. The fraction of sp³-hybridized carbons (Fsp3) is 0.0833. The zero-order chi connectivity index (χ0) is 23.4. The maximum atomic E-state index is 12.8. The second kappa shape index (κ2) is 9.58. The van der Waals surface area contributed by atoms with Crippen molar-refractivity contribution < 1.29 is 14.5 Å². The molecule has 0 spiro atoms. The van der Waals surface area contributed by atoms with Crippen LogP contribution in [-0.2, 0) is 0 Å². The maximum absolute atomic E-state index is 12.8. The topological polar surface area (TPSA) is 110 Å². The Morgan fingerprint density at radius 2 is 1.76 bits per heavy atom. The molecule has 1 heterocycles. The van der Waals surface area contributed by atoms with Gasteiger partial charge in [0.25, 0.3) is 11.6 Å². The summed E-state index contributed by atoms with van der Waals surface area (Å²) in [5, 5.41) is 21.1. The molecule has 0 fully saturated rings. The number of carbonyl (C=O) groups excluding carboxylic acids is 1. The summed E-state index contributed by atoms with van der Waals surface area (Å²) in [6.07, 6.45) is 0. The number of nitro groups is 1. The number of aromatic amines is 1. The summed E-state index contributed by atoms with van der Waals surface area (Å²) in [4.78, 5) is 25.3. The van der Waals surface area contributed by atoms with E-state index in [1.807, 2.05) is 43.3 Å². The number of H-pyrrole nitrogens is 1. The van der Waals surface area contributed by atoms with E-state index in [0.717, 1.165) is 21.8 Å². The first-order valence-corrected chi connectivity index (χ1v) is 10.8. The Morgan fingerprint density at radius 3 is 2.42 bits per heavy atom. The Kier molecular flexibility index (Phi) is 6.41. The molecule has 1 amide bonds. The minimum absolute atomic E-state index is 0.106. The van der Waals surface area contributed by atoms with Crippen LogP contribution in [-0.4, -0.2) is 28.1 Å². The average Bonchev–Trinajstić information content (AvgIpc) is 3.31. The Bertz CT molecular complexity index is 1300. The lowest BCUT2D eigenvalue weighted by molar-refractivity contribution is -0.385. The van der Waals surface area contributed by atoms with Crippen LogP contribution in [0.4, 0.5) is 11.4 Å². The predicted octanol–water partition coefficient (Wildman–Crippen LogP) is 5.71. The van der Waals surface area contributed by atoms with Gasteiger partial charge in [-0.15, -0.1) is 0 Å². The molecule has 0 unspecified atom stereocenters. The number of nitrogens with one attached hydrogen (secondary N) is 2. The lowest BCUT2D eigenvalue weighted by Crippen LogP contribution is -2.12. The first kappa shape index (κ1) is 22.1. The van der Waals surface area contributed by atoms with Crippen LogP contribution in [0.1, 0.15) is 16.1 Å². The third-order valence-corrected chi connectivity index (χ3v) is 5.80. The van der Waals surface area contributed by atoms with E-state index in [4.69, 9.17) is 4.74 Å². The number of nitro benzene ring substituents is 1. The summed E-state index contributed by atoms with van der Waals surface area (Å²) in [7, 11) is 1.59. The number of nitrogens with zero attached hydrogens (tertiary/aromatic N) is 2. The Hall–Kier alpha value is -4.11. The quantitative estimate of drug-likeness (QED) is 0.270. The summed E-state index contributed by atoms with van der Waals surface area (Å²) in [6, 6.07) is 21.3. The van der Waals surface area contributed by atoms with Crippen LogP contribution < -0.4 is 10.1 Å². The Balaban J connectivity index is 1.54. The number of amides is 1. The second-order valence-corrected chi connectivity index (χ2v) is 8.38. The maximum Gasteiger partial charge on any atom is 0.273 e. The number of carbonyl (C=O) groups is 1. The first-order chi connectivity index (χ1) is 15.9. The zero-order valence-electron chi connectivity index (χ0n) is 17.9. The van der Waals surface area contributed by atoms with Gasteiger partial charge < -0.3 is 10.1 Å². The molecule has 0 bridgehead atoms. The number of aryl methyl sites for hydroxylation is 1. The van der Waals surface area contributed by atoms with Crippen LogP contribution in [0.3, 0.4) is 0 Å². The van der Waals surface area contributed by atoms with Gasteiger partial charge in [0.15, 0.2) is 0 Å². The molecule has 166 valence electrons. The molecule has 8 nitrogen and oxygen atoms in total. The van der Waals surface area contributed by atoms with Crippen molar-refractivity contribution in [2.75, 3.05) is 12.4 Å². The van der Waals surface area contributed by atoms with Gasteiger partial charge in [0.2, 0.25) is 0 Å². The van der Waals surface area contributed by atoms with E-state index >= 15 is 0 Å². The van der Waals surface area contributed by atoms with Crippen molar-refractivity contribution in [1.82, 2.24) is 10.2 Å². The molecule has 0 saturated carbocycles. The van der Waals surface area contributed by atoms with Crippen molar-refractivity contribution in [3.63, 3.8) is 0 Å². The third-order valence-electron chi connectivity index (χ3n) is 4.82. The number of ether oxygens (including phenoxy) is 1. The van der Waals surface area contributed by atoms with Crippen molar-refractivity contribution in [3.05, 3.63) is 94.2 Å². The van der Waals surface area contributed by atoms with Gasteiger partial charge in [-0.3, -0.25) is 20.0 Å². The van der Waals surface area contributed by atoms with Gasteiger partial charge in [-0.05, 0) is 55.5 Å². The van der Waals surface area contributed by atoms with Gasteiger partial charge in [0.1, 0.15) is 11.4 Å². The van der Waals surface area contributed by atoms with E-state index in [9.17, 15) is 14.9 Å². The number of benzene rings is 3. The number of aromatic nitrogens is 2. The van der Waals surface area contributed by atoms with Gasteiger partial charge in [-0.2, -0.15) is 5.10 Å². The summed E-state index contributed by atoms with van der Waals surface area (Å²) in [5.41, 5.74) is 2.99. The smallest absolute Gasteiger partial charge is 0.273 e. The number of non-ortho nitro benzene ring substituents is 1.